The fourth-order valence-electron chi connectivity index (χ4n) is 3.89. The summed E-state index contributed by atoms with van der Waals surface area (Å²) >= 11 is 0. The molecular formula is C20H32N6O4. The zero-order valence-corrected chi connectivity index (χ0v) is 17.6. The largest absolute Gasteiger partial charge is 0.360 e. The summed E-state index contributed by atoms with van der Waals surface area (Å²) in [7, 11) is 0. The van der Waals surface area contributed by atoms with Crippen LogP contribution in [-0.4, -0.2) is 78.1 Å². The number of urea groups is 1. The number of carbonyl (C=O) groups excluding carboxylic acids is 3. The molecular weight excluding hydrogens is 388 g/mol. The van der Waals surface area contributed by atoms with Gasteiger partial charge in [-0.25, -0.2) is 4.79 Å². The Kier molecular flexibility index (Phi) is 8.06. The standard InChI is InChI=1S/C20H32N6O4/c1-15-13-17(24-30-15)23-18(27)14-25-9-11-26(12-10-25)19(28)7-8-21-20(29)22-16-5-3-2-4-6-16/h13,16H,2-12,14H2,1H3,(H2,21,22,29)(H,23,24,27). The van der Waals surface area contributed by atoms with Gasteiger partial charge in [0.05, 0.1) is 6.54 Å². The van der Waals surface area contributed by atoms with Crippen molar-refractivity contribution in [2.24, 2.45) is 0 Å². The number of amides is 4. The smallest absolute Gasteiger partial charge is 0.315 e. The number of hydrogen-bond donors (Lipinski definition) is 3. The maximum absolute atomic E-state index is 12.4. The van der Waals surface area contributed by atoms with Crippen LogP contribution in [0.3, 0.4) is 0 Å². The maximum Gasteiger partial charge on any atom is 0.315 e. The average molecular weight is 421 g/mol. The normalized spacial score (nSPS) is 18.1. The van der Waals surface area contributed by atoms with Crippen LogP contribution >= 0.6 is 0 Å². The molecule has 0 unspecified atom stereocenters. The first-order valence-corrected chi connectivity index (χ1v) is 10.8. The molecule has 0 aromatic carbocycles. The van der Waals surface area contributed by atoms with Gasteiger partial charge in [-0.1, -0.05) is 24.4 Å². The molecule has 2 aliphatic rings. The zero-order valence-electron chi connectivity index (χ0n) is 17.6. The zero-order chi connectivity index (χ0) is 21.3. The van der Waals surface area contributed by atoms with Gasteiger partial charge in [-0.15, -0.1) is 0 Å². The minimum absolute atomic E-state index is 0.0233. The van der Waals surface area contributed by atoms with Crippen molar-refractivity contribution in [3.8, 4) is 0 Å². The molecule has 1 aliphatic carbocycles. The molecule has 166 valence electrons. The van der Waals surface area contributed by atoms with Crippen molar-refractivity contribution in [2.75, 3.05) is 44.6 Å². The highest BCUT2D eigenvalue weighted by Crippen LogP contribution is 2.17. The molecule has 0 atom stereocenters. The number of piperazine rings is 1. The Labute approximate surface area is 176 Å². The summed E-state index contributed by atoms with van der Waals surface area (Å²) in [6.45, 7) is 4.75. The quantitative estimate of drug-likeness (QED) is 0.607. The summed E-state index contributed by atoms with van der Waals surface area (Å²) < 4.78 is 4.93. The van der Waals surface area contributed by atoms with Gasteiger partial charge in [0.15, 0.2) is 5.82 Å². The molecule has 3 rings (SSSR count). The van der Waals surface area contributed by atoms with Crippen molar-refractivity contribution in [3.63, 3.8) is 0 Å². The van der Waals surface area contributed by atoms with E-state index in [0.29, 0.717) is 44.3 Å². The number of rotatable bonds is 7. The average Bonchev–Trinajstić information content (AvgIpc) is 3.13. The Balaban J connectivity index is 1.28. The molecule has 1 aliphatic heterocycles. The fourth-order valence-corrected chi connectivity index (χ4v) is 3.89. The first kappa shape index (κ1) is 22.1. The monoisotopic (exact) mass is 420 g/mol. The highest BCUT2D eigenvalue weighted by Gasteiger charge is 2.23. The lowest BCUT2D eigenvalue weighted by atomic mass is 9.96. The van der Waals surface area contributed by atoms with Gasteiger partial charge in [-0.05, 0) is 19.8 Å². The molecule has 0 radical (unpaired) electrons. The number of nitrogens with one attached hydrogen (secondary N) is 3. The molecule has 1 saturated heterocycles. The van der Waals surface area contributed by atoms with Gasteiger partial charge in [0.25, 0.3) is 0 Å². The van der Waals surface area contributed by atoms with Gasteiger partial charge >= 0.3 is 6.03 Å². The molecule has 4 amide bonds. The molecule has 1 saturated carbocycles. The van der Waals surface area contributed by atoms with Crippen LogP contribution in [0.5, 0.6) is 0 Å². The Morgan fingerprint density at radius 1 is 1.13 bits per heavy atom. The number of carbonyl (C=O) groups is 3. The number of aromatic nitrogens is 1. The van der Waals surface area contributed by atoms with Crippen molar-refractivity contribution in [1.29, 1.82) is 0 Å². The van der Waals surface area contributed by atoms with E-state index in [9.17, 15) is 14.4 Å². The number of hydrogen-bond acceptors (Lipinski definition) is 6. The third-order valence-corrected chi connectivity index (χ3v) is 5.55. The number of anilines is 1. The Hall–Kier alpha value is -2.62. The van der Waals surface area contributed by atoms with Crippen LogP contribution in [0.15, 0.2) is 10.6 Å². The number of nitrogens with zero attached hydrogens (tertiary/aromatic N) is 3. The summed E-state index contributed by atoms with van der Waals surface area (Å²) in [6.07, 6.45) is 5.92. The minimum atomic E-state index is -0.187. The first-order valence-electron chi connectivity index (χ1n) is 10.8. The van der Waals surface area contributed by atoms with E-state index >= 15 is 0 Å². The van der Waals surface area contributed by atoms with E-state index in [1.807, 2.05) is 4.90 Å². The van der Waals surface area contributed by atoms with E-state index in [1.54, 1.807) is 17.9 Å². The third kappa shape index (κ3) is 7.01. The minimum Gasteiger partial charge on any atom is -0.360 e. The second-order valence-corrected chi connectivity index (χ2v) is 8.01. The third-order valence-electron chi connectivity index (χ3n) is 5.55. The van der Waals surface area contributed by atoms with Gasteiger partial charge in [0.1, 0.15) is 5.76 Å². The summed E-state index contributed by atoms with van der Waals surface area (Å²) in [5, 5.41) is 12.2. The fraction of sp³-hybridized carbons (Fsp3) is 0.700. The SMILES string of the molecule is Cc1cc(NC(=O)CN2CCN(C(=O)CCNC(=O)NC3CCCCC3)CC2)no1. The van der Waals surface area contributed by atoms with Crippen molar-refractivity contribution < 1.29 is 18.9 Å². The van der Waals surface area contributed by atoms with Gasteiger partial charge in [0.2, 0.25) is 11.8 Å². The Morgan fingerprint density at radius 2 is 1.87 bits per heavy atom. The van der Waals surface area contributed by atoms with Gasteiger partial charge in [-0.3, -0.25) is 14.5 Å². The molecule has 30 heavy (non-hydrogen) atoms. The van der Waals surface area contributed by atoms with Crippen LogP contribution in [0.25, 0.3) is 0 Å². The predicted molar refractivity (Wildman–Crippen MR) is 111 cm³/mol. The molecule has 2 fully saturated rings. The van der Waals surface area contributed by atoms with Crippen LogP contribution in [0.4, 0.5) is 10.6 Å². The topological polar surface area (TPSA) is 120 Å². The number of aryl methyl sites for hydroxylation is 1. The van der Waals surface area contributed by atoms with Crippen molar-refractivity contribution in [2.45, 2.75) is 51.5 Å². The Bertz CT molecular complexity index is 723. The lowest BCUT2D eigenvalue weighted by molar-refractivity contribution is -0.132. The van der Waals surface area contributed by atoms with Crippen LogP contribution < -0.4 is 16.0 Å². The molecule has 0 bridgehead atoms. The summed E-state index contributed by atoms with van der Waals surface area (Å²) in [5.41, 5.74) is 0. The lowest BCUT2D eigenvalue weighted by Crippen LogP contribution is -2.51. The highest BCUT2D eigenvalue weighted by molar-refractivity contribution is 5.91. The highest BCUT2D eigenvalue weighted by atomic mass is 16.5. The van der Waals surface area contributed by atoms with Crippen LogP contribution in [0.1, 0.15) is 44.3 Å². The Morgan fingerprint density at radius 3 is 2.53 bits per heavy atom. The van der Waals surface area contributed by atoms with E-state index in [-0.39, 0.29) is 36.9 Å². The molecule has 3 N–H and O–H groups in total. The van der Waals surface area contributed by atoms with Crippen LogP contribution in [0.2, 0.25) is 0 Å². The molecule has 2 heterocycles. The molecule has 1 aromatic rings. The lowest BCUT2D eigenvalue weighted by Gasteiger charge is -2.34. The van der Waals surface area contributed by atoms with Crippen molar-refractivity contribution in [1.82, 2.24) is 25.6 Å². The van der Waals surface area contributed by atoms with Crippen molar-refractivity contribution in [3.05, 3.63) is 11.8 Å². The van der Waals surface area contributed by atoms with Crippen molar-refractivity contribution >= 4 is 23.7 Å². The second-order valence-electron chi connectivity index (χ2n) is 8.01. The maximum atomic E-state index is 12.4. The van der Waals surface area contributed by atoms with E-state index in [2.05, 4.69) is 21.1 Å². The summed E-state index contributed by atoms with van der Waals surface area (Å²) in [6, 6.07) is 1.73. The molecule has 10 nitrogen and oxygen atoms in total. The van der Waals surface area contributed by atoms with E-state index in [4.69, 9.17) is 4.52 Å². The predicted octanol–water partition coefficient (Wildman–Crippen LogP) is 1.09. The molecule has 10 heteroatoms. The summed E-state index contributed by atoms with van der Waals surface area (Å²) in [5.74, 6) is 0.913. The van der Waals surface area contributed by atoms with Gasteiger partial charge in [0, 0.05) is 51.3 Å². The van der Waals surface area contributed by atoms with Crippen LogP contribution in [-0.2, 0) is 9.59 Å². The van der Waals surface area contributed by atoms with Crippen LogP contribution in [0, 0.1) is 6.92 Å². The van der Waals surface area contributed by atoms with Gasteiger partial charge < -0.3 is 25.4 Å². The summed E-state index contributed by atoms with van der Waals surface area (Å²) in [4.78, 5) is 40.2. The molecule has 1 aromatic heterocycles. The molecule has 0 spiro atoms. The first-order chi connectivity index (χ1) is 14.5. The van der Waals surface area contributed by atoms with E-state index in [1.165, 1.54) is 6.42 Å². The van der Waals surface area contributed by atoms with Gasteiger partial charge in [-0.2, -0.15) is 0 Å². The van der Waals surface area contributed by atoms with E-state index < -0.39 is 0 Å². The van der Waals surface area contributed by atoms with E-state index in [0.717, 1.165) is 25.7 Å². The second kappa shape index (κ2) is 11.0.